The predicted octanol–water partition coefficient (Wildman–Crippen LogP) is 1.72. The molecule has 1 heterocycles. The Morgan fingerprint density at radius 3 is 3.00 bits per heavy atom. The number of hydrogen-bond acceptors (Lipinski definition) is 6. The minimum absolute atomic E-state index is 0.226. The van der Waals surface area contributed by atoms with Gasteiger partial charge in [-0.2, -0.15) is 0 Å². The van der Waals surface area contributed by atoms with Crippen molar-refractivity contribution in [3.8, 4) is 0 Å². The van der Waals surface area contributed by atoms with Crippen LogP contribution >= 0.6 is 11.3 Å². The number of ether oxygens (including phenoxy) is 2. The number of thiazole rings is 1. The van der Waals surface area contributed by atoms with E-state index in [0.29, 0.717) is 6.61 Å². The lowest BCUT2D eigenvalue weighted by atomic mass is 10.3. The van der Waals surface area contributed by atoms with Gasteiger partial charge in [0, 0.05) is 32.7 Å². The lowest BCUT2D eigenvalue weighted by Gasteiger charge is -2.14. The quantitative estimate of drug-likeness (QED) is 0.533. The third-order valence-electron chi connectivity index (χ3n) is 2.34. The molecule has 0 bridgehead atoms. The average Bonchev–Trinajstić information content (AvgIpc) is 2.78. The summed E-state index contributed by atoms with van der Waals surface area (Å²) >= 11 is 1.54. The van der Waals surface area contributed by atoms with Crippen molar-refractivity contribution in [2.75, 3.05) is 38.8 Å². The highest BCUT2D eigenvalue weighted by atomic mass is 32.1. The number of rotatable bonds is 8. The summed E-state index contributed by atoms with van der Waals surface area (Å²) in [5, 5.41) is 2.82. The monoisotopic (exact) mass is 272 g/mol. The van der Waals surface area contributed by atoms with E-state index in [-0.39, 0.29) is 12.4 Å². The molecule has 0 aliphatic carbocycles. The number of esters is 1. The van der Waals surface area contributed by atoms with Crippen molar-refractivity contribution >= 4 is 22.4 Å². The molecule has 0 saturated carbocycles. The lowest BCUT2D eigenvalue weighted by molar-refractivity contribution is -0.142. The zero-order valence-corrected chi connectivity index (χ0v) is 12.0. The first kappa shape index (κ1) is 14.9. The number of nitrogens with zero attached hydrogens (tertiary/aromatic N) is 2. The fourth-order valence-electron chi connectivity index (χ4n) is 1.45. The fraction of sp³-hybridized carbons (Fsp3) is 0.667. The van der Waals surface area contributed by atoms with Crippen molar-refractivity contribution < 1.29 is 14.3 Å². The van der Waals surface area contributed by atoms with Gasteiger partial charge < -0.3 is 14.4 Å². The highest BCUT2D eigenvalue weighted by Crippen LogP contribution is 2.19. The van der Waals surface area contributed by atoms with Gasteiger partial charge in [-0.15, -0.1) is 11.3 Å². The minimum atomic E-state index is -0.226. The van der Waals surface area contributed by atoms with Gasteiger partial charge in [0.2, 0.25) is 0 Å². The third kappa shape index (κ3) is 5.01. The van der Waals surface area contributed by atoms with Gasteiger partial charge in [-0.3, -0.25) is 4.79 Å². The van der Waals surface area contributed by atoms with Crippen molar-refractivity contribution in [1.29, 1.82) is 0 Å². The molecule has 1 rings (SSSR count). The van der Waals surface area contributed by atoms with Gasteiger partial charge in [0.25, 0.3) is 0 Å². The molecule has 0 saturated heterocycles. The van der Waals surface area contributed by atoms with Gasteiger partial charge in [-0.05, 0) is 13.3 Å². The summed E-state index contributed by atoms with van der Waals surface area (Å²) in [6.45, 7) is 3.84. The summed E-state index contributed by atoms with van der Waals surface area (Å²) in [4.78, 5) is 17.8. The highest BCUT2D eigenvalue weighted by Gasteiger charge is 2.10. The first-order valence-electron chi connectivity index (χ1n) is 5.97. The van der Waals surface area contributed by atoms with Crippen LogP contribution in [0.15, 0.2) is 5.38 Å². The van der Waals surface area contributed by atoms with Crippen LogP contribution in [0.1, 0.15) is 19.0 Å². The molecule has 102 valence electrons. The second-order valence-corrected chi connectivity index (χ2v) is 4.71. The van der Waals surface area contributed by atoms with Crippen LogP contribution in [0.3, 0.4) is 0 Å². The number of methoxy groups -OCH3 is 1. The van der Waals surface area contributed by atoms with E-state index in [4.69, 9.17) is 9.47 Å². The highest BCUT2D eigenvalue weighted by molar-refractivity contribution is 7.13. The van der Waals surface area contributed by atoms with Gasteiger partial charge in [-0.25, -0.2) is 4.98 Å². The SMILES string of the molecule is CCOC(=O)Cc1csc(N(C)CCCOC)n1. The first-order chi connectivity index (χ1) is 8.67. The largest absolute Gasteiger partial charge is 0.466 e. The van der Waals surface area contributed by atoms with E-state index in [1.165, 1.54) is 0 Å². The number of aromatic nitrogens is 1. The minimum Gasteiger partial charge on any atom is -0.466 e. The maximum Gasteiger partial charge on any atom is 0.311 e. The molecular formula is C12H20N2O3S. The van der Waals surface area contributed by atoms with Gasteiger partial charge in [0.1, 0.15) is 0 Å². The molecule has 0 aliphatic rings. The normalized spacial score (nSPS) is 10.4. The topological polar surface area (TPSA) is 51.7 Å². The van der Waals surface area contributed by atoms with Crippen molar-refractivity contribution in [2.24, 2.45) is 0 Å². The van der Waals surface area contributed by atoms with E-state index < -0.39 is 0 Å². The van der Waals surface area contributed by atoms with E-state index in [2.05, 4.69) is 9.88 Å². The van der Waals surface area contributed by atoms with Crippen LogP contribution in [-0.2, 0) is 20.7 Å². The van der Waals surface area contributed by atoms with Crippen LogP contribution in [-0.4, -0.2) is 44.9 Å². The van der Waals surface area contributed by atoms with Crippen LogP contribution in [0.4, 0.5) is 5.13 Å². The molecule has 6 heteroatoms. The molecule has 0 aliphatic heterocycles. The van der Waals surface area contributed by atoms with Gasteiger partial charge in [0.05, 0.1) is 18.7 Å². The van der Waals surface area contributed by atoms with Crippen molar-refractivity contribution in [2.45, 2.75) is 19.8 Å². The van der Waals surface area contributed by atoms with E-state index in [1.54, 1.807) is 25.4 Å². The summed E-state index contributed by atoms with van der Waals surface area (Å²) < 4.78 is 9.90. The molecule has 0 unspecified atom stereocenters. The smallest absolute Gasteiger partial charge is 0.311 e. The molecule has 0 fully saturated rings. The average molecular weight is 272 g/mol. The molecule has 0 atom stereocenters. The molecule has 0 aromatic carbocycles. The van der Waals surface area contributed by atoms with Crippen LogP contribution in [0, 0.1) is 0 Å². The molecule has 0 radical (unpaired) electrons. The summed E-state index contributed by atoms with van der Waals surface area (Å²) in [6, 6.07) is 0. The molecule has 1 aromatic heterocycles. The molecule has 1 aromatic rings. The van der Waals surface area contributed by atoms with Crippen molar-refractivity contribution in [3.63, 3.8) is 0 Å². The van der Waals surface area contributed by atoms with Gasteiger partial charge in [-0.1, -0.05) is 0 Å². The Hall–Kier alpha value is -1.14. The Balaban J connectivity index is 2.44. The van der Waals surface area contributed by atoms with Crippen LogP contribution < -0.4 is 4.90 Å². The Bertz CT molecular complexity index is 368. The van der Waals surface area contributed by atoms with Crippen LogP contribution in [0.5, 0.6) is 0 Å². The zero-order valence-electron chi connectivity index (χ0n) is 11.1. The second-order valence-electron chi connectivity index (χ2n) is 3.87. The summed E-state index contributed by atoms with van der Waals surface area (Å²) in [6.07, 6.45) is 1.20. The lowest BCUT2D eigenvalue weighted by Crippen LogP contribution is -2.19. The standard InChI is InChI=1S/C12H20N2O3S/c1-4-17-11(15)8-10-9-18-12(13-10)14(2)6-5-7-16-3/h9H,4-8H2,1-3H3. The van der Waals surface area contributed by atoms with Crippen LogP contribution in [0.2, 0.25) is 0 Å². The molecule has 0 N–H and O–H groups in total. The van der Waals surface area contributed by atoms with Crippen molar-refractivity contribution in [1.82, 2.24) is 4.98 Å². The van der Waals surface area contributed by atoms with E-state index in [9.17, 15) is 4.79 Å². The Morgan fingerprint density at radius 2 is 2.33 bits per heavy atom. The van der Waals surface area contributed by atoms with Gasteiger partial charge >= 0.3 is 5.97 Å². The molecule has 18 heavy (non-hydrogen) atoms. The molecule has 5 nitrogen and oxygen atoms in total. The number of carbonyl (C=O) groups excluding carboxylic acids is 1. The van der Waals surface area contributed by atoms with E-state index >= 15 is 0 Å². The predicted molar refractivity (Wildman–Crippen MR) is 72.2 cm³/mol. The third-order valence-corrected chi connectivity index (χ3v) is 3.34. The fourth-order valence-corrected chi connectivity index (χ4v) is 2.27. The molecular weight excluding hydrogens is 252 g/mol. The van der Waals surface area contributed by atoms with Crippen molar-refractivity contribution in [3.05, 3.63) is 11.1 Å². The summed E-state index contributed by atoms with van der Waals surface area (Å²) in [7, 11) is 3.68. The Kier molecular flexibility index (Phi) is 6.67. The van der Waals surface area contributed by atoms with E-state index in [0.717, 1.165) is 30.4 Å². The van der Waals surface area contributed by atoms with Gasteiger partial charge in [0.15, 0.2) is 5.13 Å². The maximum atomic E-state index is 11.3. The first-order valence-corrected chi connectivity index (χ1v) is 6.85. The van der Waals surface area contributed by atoms with E-state index in [1.807, 2.05) is 12.4 Å². The summed E-state index contributed by atoms with van der Waals surface area (Å²) in [5.74, 6) is -0.226. The molecule has 0 amide bonds. The Morgan fingerprint density at radius 1 is 1.56 bits per heavy atom. The Labute approximate surface area is 112 Å². The summed E-state index contributed by atoms with van der Waals surface area (Å²) in [5.41, 5.74) is 0.770. The number of hydrogen-bond donors (Lipinski definition) is 0. The zero-order chi connectivity index (χ0) is 13.4. The second kappa shape index (κ2) is 8.05. The number of carbonyl (C=O) groups is 1. The number of anilines is 1. The van der Waals surface area contributed by atoms with Crippen LogP contribution in [0.25, 0.3) is 0 Å². The maximum absolute atomic E-state index is 11.3. The molecule has 0 spiro atoms.